The molecule has 0 aliphatic heterocycles. The number of nitrogens with two attached hydrogens (primary N) is 1. The minimum absolute atomic E-state index is 0.0358. The highest BCUT2D eigenvalue weighted by Gasteiger charge is 2.13. The molecule has 0 aliphatic rings. The van der Waals surface area contributed by atoms with Crippen molar-refractivity contribution < 1.29 is 9.59 Å². The third kappa shape index (κ3) is 3.69. The van der Waals surface area contributed by atoms with Crippen LogP contribution in [0.25, 0.3) is 0 Å². The Morgan fingerprint density at radius 1 is 1.35 bits per heavy atom. The maximum absolute atomic E-state index is 12.0. The molecule has 20 heavy (non-hydrogen) atoms. The van der Waals surface area contributed by atoms with Gasteiger partial charge in [-0.05, 0) is 18.2 Å². The van der Waals surface area contributed by atoms with Gasteiger partial charge in [0.05, 0.1) is 22.7 Å². The molecule has 0 saturated heterocycles. The molecule has 1 aromatic heterocycles. The van der Waals surface area contributed by atoms with Gasteiger partial charge in [0, 0.05) is 10.4 Å². The van der Waals surface area contributed by atoms with E-state index in [4.69, 9.17) is 28.9 Å². The van der Waals surface area contributed by atoms with Gasteiger partial charge in [-0.1, -0.05) is 23.2 Å². The zero-order valence-electron chi connectivity index (χ0n) is 10.0. The van der Waals surface area contributed by atoms with Gasteiger partial charge in [0.1, 0.15) is 0 Å². The molecule has 0 fully saturated rings. The van der Waals surface area contributed by atoms with Gasteiger partial charge < -0.3 is 5.73 Å². The van der Waals surface area contributed by atoms with E-state index in [-0.39, 0.29) is 11.4 Å². The van der Waals surface area contributed by atoms with Crippen LogP contribution in [0.3, 0.4) is 0 Å². The number of benzene rings is 1. The SMILES string of the molecule is NC(=O)Cc1csc(NC(=O)c2ccc(Cl)cc2Cl)n1. The molecule has 5 nitrogen and oxygen atoms in total. The smallest absolute Gasteiger partial charge is 0.258 e. The van der Waals surface area contributed by atoms with Gasteiger partial charge >= 0.3 is 0 Å². The first-order valence-corrected chi connectivity index (χ1v) is 7.08. The van der Waals surface area contributed by atoms with Gasteiger partial charge in [-0.2, -0.15) is 0 Å². The third-order valence-electron chi connectivity index (χ3n) is 2.30. The molecule has 2 rings (SSSR count). The summed E-state index contributed by atoms with van der Waals surface area (Å²) >= 11 is 12.9. The van der Waals surface area contributed by atoms with Crippen LogP contribution in [-0.4, -0.2) is 16.8 Å². The maximum Gasteiger partial charge on any atom is 0.258 e. The van der Waals surface area contributed by atoms with E-state index < -0.39 is 11.8 Å². The zero-order valence-corrected chi connectivity index (χ0v) is 12.4. The molecule has 0 radical (unpaired) electrons. The number of hydrogen-bond donors (Lipinski definition) is 2. The number of nitrogens with one attached hydrogen (secondary N) is 1. The Morgan fingerprint density at radius 3 is 2.75 bits per heavy atom. The van der Waals surface area contributed by atoms with Crippen molar-refractivity contribution in [3.63, 3.8) is 0 Å². The fourth-order valence-corrected chi connectivity index (χ4v) is 2.66. The number of carbonyl (C=O) groups is 2. The number of rotatable bonds is 4. The summed E-state index contributed by atoms with van der Waals surface area (Å²) in [7, 11) is 0. The summed E-state index contributed by atoms with van der Waals surface area (Å²) in [4.78, 5) is 26.9. The topological polar surface area (TPSA) is 85.1 Å². The van der Waals surface area contributed by atoms with Crippen LogP contribution in [0, 0.1) is 0 Å². The molecule has 0 spiro atoms. The van der Waals surface area contributed by atoms with Crippen molar-refractivity contribution in [2.75, 3.05) is 5.32 Å². The molecule has 0 aliphatic carbocycles. The van der Waals surface area contributed by atoms with E-state index in [2.05, 4.69) is 10.3 Å². The Bertz CT molecular complexity index is 672. The van der Waals surface area contributed by atoms with E-state index in [1.54, 1.807) is 11.4 Å². The molecular weight excluding hydrogens is 321 g/mol. The summed E-state index contributed by atoms with van der Waals surface area (Å²) < 4.78 is 0. The molecule has 1 heterocycles. The highest BCUT2D eigenvalue weighted by Crippen LogP contribution is 2.23. The molecule has 0 saturated carbocycles. The van der Waals surface area contributed by atoms with Crippen LogP contribution < -0.4 is 11.1 Å². The number of amides is 2. The lowest BCUT2D eigenvalue weighted by molar-refractivity contribution is -0.117. The first-order valence-electron chi connectivity index (χ1n) is 5.45. The molecule has 8 heteroatoms. The minimum atomic E-state index is -0.478. The highest BCUT2D eigenvalue weighted by atomic mass is 35.5. The lowest BCUT2D eigenvalue weighted by atomic mass is 10.2. The van der Waals surface area contributed by atoms with Crippen molar-refractivity contribution in [1.82, 2.24) is 4.98 Å². The first-order chi connectivity index (χ1) is 9.45. The van der Waals surface area contributed by atoms with Gasteiger partial charge in [-0.25, -0.2) is 4.98 Å². The van der Waals surface area contributed by atoms with Crippen LogP contribution in [0.4, 0.5) is 5.13 Å². The fourth-order valence-electron chi connectivity index (χ4n) is 1.46. The van der Waals surface area contributed by atoms with Gasteiger partial charge in [-0.3, -0.25) is 14.9 Å². The van der Waals surface area contributed by atoms with Crippen LogP contribution in [0.2, 0.25) is 10.0 Å². The number of hydrogen-bond acceptors (Lipinski definition) is 4. The molecule has 2 amide bonds. The number of nitrogens with zero attached hydrogens (tertiary/aromatic N) is 1. The third-order valence-corrected chi connectivity index (χ3v) is 3.66. The average Bonchev–Trinajstić information content (AvgIpc) is 2.75. The van der Waals surface area contributed by atoms with Crippen LogP contribution in [0.5, 0.6) is 0 Å². The van der Waals surface area contributed by atoms with E-state index in [0.717, 1.165) is 0 Å². The van der Waals surface area contributed by atoms with Gasteiger partial charge in [0.2, 0.25) is 5.91 Å². The average molecular weight is 330 g/mol. The Balaban J connectivity index is 2.11. The van der Waals surface area contributed by atoms with Gasteiger partial charge in [0.15, 0.2) is 5.13 Å². The van der Waals surface area contributed by atoms with E-state index in [1.165, 1.54) is 23.5 Å². The molecular formula is C12H9Cl2N3O2S. The summed E-state index contributed by atoms with van der Waals surface area (Å²) in [6, 6.07) is 4.58. The van der Waals surface area contributed by atoms with Crippen molar-refractivity contribution in [3.8, 4) is 0 Å². The van der Waals surface area contributed by atoms with Crippen LogP contribution in [-0.2, 0) is 11.2 Å². The molecule has 1 aromatic carbocycles. The Hall–Kier alpha value is -1.63. The number of halogens is 2. The highest BCUT2D eigenvalue weighted by molar-refractivity contribution is 7.14. The van der Waals surface area contributed by atoms with Crippen LogP contribution in [0.1, 0.15) is 16.1 Å². The summed E-state index contributed by atoms with van der Waals surface area (Å²) in [5, 5.41) is 5.33. The number of carbonyl (C=O) groups excluding carboxylic acids is 2. The van der Waals surface area contributed by atoms with E-state index >= 15 is 0 Å². The van der Waals surface area contributed by atoms with Gasteiger partial charge in [0.25, 0.3) is 5.91 Å². The molecule has 104 valence electrons. The van der Waals surface area contributed by atoms with Gasteiger partial charge in [-0.15, -0.1) is 11.3 Å². The number of anilines is 1. The van der Waals surface area contributed by atoms with E-state index in [1.807, 2.05) is 0 Å². The normalized spacial score (nSPS) is 10.3. The number of aromatic nitrogens is 1. The van der Waals surface area contributed by atoms with Crippen molar-refractivity contribution in [2.45, 2.75) is 6.42 Å². The van der Waals surface area contributed by atoms with E-state index in [0.29, 0.717) is 21.4 Å². The van der Waals surface area contributed by atoms with Crippen LogP contribution in [0.15, 0.2) is 23.6 Å². The first kappa shape index (κ1) is 14.8. The number of thiazole rings is 1. The lowest BCUT2D eigenvalue weighted by Gasteiger charge is -2.04. The van der Waals surface area contributed by atoms with Crippen molar-refractivity contribution in [1.29, 1.82) is 0 Å². The predicted octanol–water partition coefficient (Wildman–Crippen LogP) is 2.73. The molecule has 0 unspecified atom stereocenters. The fraction of sp³-hybridized carbons (Fsp3) is 0.0833. The minimum Gasteiger partial charge on any atom is -0.369 e. The summed E-state index contributed by atoms with van der Waals surface area (Å²) in [5.74, 6) is -0.874. The quantitative estimate of drug-likeness (QED) is 0.904. The second-order valence-corrected chi connectivity index (χ2v) is 5.57. The number of primary amides is 1. The monoisotopic (exact) mass is 329 g/mol. The lowest BCUT2D eigenvalue weighted by Crippen LogP contribution is -2.14. The van der Waals surface area contributed by atoms with Crippen LogP contribution >= 0.6 is 34.5 Å². The summed E-state index contributed by atoms with van der Waals surface area (Å²) in [5.41, 5.74) is 5.88. The summed E-state index contributed by atoms with van der Waals surface area (Å²) in [6.07, 6.45) is 0.0358. The standard InChI is InChI=1S/C12H9Cl2N3O2S/c13-6-1-2-8(9(14)3-6)11(19)17-12-16-7(5-20-12)4-10(15)18/h1-3,5H,4H2,(H2,15,18)(H,16,17,19). The van der Waals surface area contributed by atoms with Crippen molar-refractivity contribution in [3.05, 3.63) is 44.9 Å². The Labute approximate surface area is 128 Å². The predicted molar refractivity (Wildman–Crippen MR) is 79.4 cm³/mol. The molecule has 3 N–H and O–H groups in total. The molecule has 0 bridgehead atoms. The van der Waals surface area contributed by atoms with Crippen molar-refractivity contribution >= 4 is 51.5 Å². The second kappa shape index (κ2) is 6.21. The molecule has 2 aromatic rings. The Morgan fingerprint density at radius 2 is 2.10 bits per heavy atom. The maximum atomic E-state index is 12.0. The largest absolute Gasteiger partial charge is 0.369 e. The van der Waals surface area contributed by atoms with Crippen molar-refractivity contribution in [2.24, 2.45) is 5.73 Å². The van der Waals surface area contributed by atoms with E-state index in [9.17, 15) is 9.59 Å². The Kier molecular flexibility index (Phi) is 4.59. The molecule has 0 atom stereocenters. The second-order valence-electron chi connectivity index (χ2n) is 3.87. The zero-order chi connectivity index (χ0) is 14.7. The summed E-state index contributed by atoms with van der Waals surface area (Å²) in [6.45, 7) is 0.